The second-order valence-corrected chi connectivity index (χ2v) is 19.8. The summed E-state index contributed by atoms with van der Waals surface area (Å²) in [6.07, 6.45) is 9.14. The molecule has 1 N–H and O–H groups in total. The zero-order chi connectivity index (χ0) is 31.1. The molecule has 1 unspecified atom stereocenters. The summed E-state index contributed by atoms with van der Waals surface area (Å²) in [5.41, 5.74) is 3.10. The molecule has 1 amide bonds. The van der Waals surface area contributed by atoms with Gasteiger partial charge in [-0.15, -0.1) is 10.2 Å². The topological polar surface area (TPSA) is 112 Å². The number of nitrogens with zero attached hydrogens (tertiary/aromatic N) is 7. The molecular formula is C32H44N8O3Si. The maximum absolute atomic E-state index is 12.8. The van der Waals surface area contributed by atoms with E-state index in [4.69, 9.17) is 14.6 Å². The van der Waals surface area contributed by atoms with Crippen LogP contribution in [0.3, 0.4) is 0 Å². The van der Waals surface area contributed by atoms with Crippen LogP contribution in [0.1, 0.15) is 46.5 Å². The standard InChI is InChI=1S/C32H44N8O3Si/c1-32(2,3)43-31(41)40-23-8-9-24(40)19-22(18-23)35-29-13-11-27(36-37-29)25-10-12-28(38-15-7-14-33-38)30-26(25)20-34-39(30)21-42-16-17-44(4,5)6/h7,10-15,20,22-24H,8-9,16-19,21H2,1-6H3,(H,35,37)/t22?,23-,24+. The quantitative estimate of drug-likeness (QED) is 0.171. The van der Waals surface area contributed by atoms with Crippen molar-refractivity contribution in [2.45, 2.75) is 103 Å². The number of carbonyl (C=O) groups excluding carboxylic acids is 1. The number of rotatable bonds is 9. The van der Waals surface area contributed by atoms with Gasteiger partial charge in [0.05, 0.1) is 23.1 Å². The Hall–Kier alpha value is -3.77. The van der Waals surface area contributed by atoms with Crippen LogP contribution in [0.25, 0.3) is 27.8 Å². The summed E-state index contributed by atoms with van der Waals surface area (Å²) in [5.74, 6) is 0.736. The molecule has 44 heavy (non-hydrogen) atoms. The van der Waals surface area contributed by atoms with Crippen LogP contribution < -0.4 is 5.32 Å². The minimum Gasteiger partial charge on any atom is -0.444 e. The number of piperidine rings is 1. The van der Waals surface area contributed by atoms with E-state index in [1.54, 1.807) is 6.20 Å². The van der Waals surface area contributed by atoms with Crippen molar-refractivity contribution in [3.05, 3.63) is 48.9 Å². The van der Waals surface area contributed by atoms with Crippen molar-refractivity contribution in [1.82, 2.24) is 34.7 Å². The molecule has 11 nitrogen and oxygen atoms in total. The average Bonchev–Trinajstić information content (AvgIpc) is 3.69. The molecule has 2 aliphatic rings. The second-order valence-electron chi connectivity index (χ2n) is 14.2. The molecule has 2 aliphatic heterocycles. The lowest BCUT2D eigenvalue weighted by Crippen LogP contribution is -2.51. The van der Waals surface area contributed by atoms with Gasteiger partial charge in [-0.25, -0.2) is 14.2 Å². The van der Waals surface area contributed by atoms with Crippen molar-refractivity contribution < 1.29 is 14.3 Å². The highest BCUT2D eigenvalue weighted by atomic mass is 28.3. The third kappa shape index (κ3) is 6.65. The van der Waals surface area contributed by atoms with E-state index in [0.29, 0.717) is 6.73 Å². The van der Waals surface area contributed by atoms with E-state index in [2.05, 4.69) is 46.3 Å². The second kappa shape index (κ2) is 12.0. The Kier molecular flexibility index (Phi) is 8.23. The van der Waals surface area contributed by atoms with E-state index >= 15 is 0 Å². The van der Waals surface area contributed by atoms with E-state index in [1.165, 1.54) is 0 Å². The highest BCUT2D eigenvalue weighted by Gasteiger charge is 2.45. The van der Waals surface area contributed by atoms with Gasteiger partial charge < -0.3 is 19.7 Å². The molecule has 12 heteroatoms. The van der Waals surface area contributed by atoms with Crippen LogP contribution in [0.15, 0.2) is 48.9 Å². The van der Waals surface area contributed by atoms with Gasteiger partial charge in [-0.1, -0.05) is 19.6 Å². The van der Waals surface area contributed by atoms with Crippen molar-refractivity contribution in [2.24, 2.45) is 0 Å². The summed E-state index contributed by atoms with van der Waals surface area (Å²) in [4.78, 5) is 14.8. The van der Waals surface area contributed by atoms with Gasteiger partial charge in [0.1, 0.15) is 18.1 Å². The SMILES string of the molecule is CC(C)(C)OC(=O)N1[C@@H]2CC[C@H]1CC(Nc1ccc(-c3ccc(-n4cccn4)c4c3cnn4COCC[Si](C)(C)C)nn1)C2. The predicted octanol–water partition coefficient (Wildman–Crippen LogP) is 6.33. The van der Waals surface area contributed by atoms with Crippen molar-refractivity contribution in [2.75, 3.05) is 11.9 Å². The highest BCUT2D eigenvalue weighted by Crippen LogP contribution is 2.38. The Balaban J connectivity index is 1.18. The maximum Gasteiger partial charge on any atom is 0.410 e. The molecule has 3 atom stereocenters. The summed E-state index contributed by atoms with van der Waals surface area (Å²) < 4.78 is 15.5. The van der Waals surface area contributed by atoms with E-state index in [1.807, 2.05) is 71.7 Å². The molecule has 1 aromatic carbocycles. The first-order valence-corrected chi connectivity index (χ1v) is 19.3. The Bertz CT molecular complexity index is 1580. The first kappa shape index (κ1) is 30.3. The molecule has 234 valence electrons. The number of aromatic nitrogens is 6. The smallest absolute Gasteiger partial charge is 0.410 e. The van der Waals surface area contributed by atoms with Crippen molar-refractivity contribution in [3.8, 4) is 16.9 Å². The molecule has 0 spiro atoms. The lowest BCUT2D eigenvalue weighted by molar-refractivity contribution is 0.00682. The van der Waals surface area contributed by atoms with E-state index in [0.717, 1.165) is 72.0 Å². The number of benzene rings is 1. The fraction of sp³-hybridized carbons (Fsp3) is 0.531. The lowest BCUT2D eigenvalue weighted by atomic mass is 9.97. The molecule has 4 aromatic rings. The zero-order valence-corrected chi connectivity index (χ0v) is 27.7. The fourth-order valence-electron chi connectivity index (χ4n) is 6.30. The molecule has 3 aromatic heterocycles. The van der Waals surface area contributed by atoms with Gasteiger partial charge in [-0.05, 0) is 82.8 Å². The molecule has 2 saturated heterocycles. The first-order chi connectivity index (χ1) is 20.9. The van der Waals surface area contributed by atoms with E-state index in [-0.39, 0.29) is 24.2 Å². The normalized spacial score (nSPS) is 20.3. The minimum absolute atomic E-state index is 0.186. The largest absolute Gasteiger partial charge is 0.444 e. The van der Waals surface area contributed by atoms with Gasteiger partial charge in [-0.3, -0.25) is 0 Å². The number of anilines is 1. The van der Waals surface area contributed by atoms with Crippen LogP contribution in [0.2, 0.25) is 25.7 Å². The highest BCUT2D eigenvalue weighted by molar-refractivity contribution is 6.76. The first-order valence-electron chi connectivity index (χ1n) is 15.6. The van der Waals surface area contributed by atoms with Gasteiger partial charge in [0.2, 0.25) is 0 Å². The average molecular weight is 617 g/mol. The summed E-state index contributed by atoms with van der Waals surface area (Å²) in [6, 6.07) is 11.7. The number of carbonyl (C=O) groups is 1. The Morgan fingerprint density at radius 2 is 1.82 bits per heavy atom. The van der Waals surface area contributed by atoms with E-state index < -0.39 is 13.7 Å². The van der Waals surface area contributed by atoms with Gasteiger partial charge in [0.15, 0.2) is 0 Å². The Morgan fingerprint density at radius 3 is 2.45 bits per heavy atom. The van der Waals surface area contributed by atoms with Crippen LogP contribution in [0, 0.1) is 0 Å². The van der Waals surface area contributed by atoms with Crippen LogP contribution in [-0.4, -0.2) is 79.2 Å². The fourth-order valence-corrected chi connectivity index (χ4v) is 7.06. The van der Waals surface area contributed by atoms with Crippen molar-refractivity contribution in [1.29, 1.82) is 0 Å². The lowest BCUT2D eigenvalue weighted by Gasteiger charge is -2.39. The molecule has 0 saturated carbocycles. The number of amides is 1. The number of hydrogen-bond donors (Lipinski definition) is 1. The molecule has 2 fully saturated rings. The maximum atomic E-state index is 12.8. The molecule has 5 heterocycles. The number of ether oxygens (including phenoxy) is 2. The third-order valence-electron chi connectivity index (χ3n) is 8.37. The van der Waals surface area contributed by atoms with Crippen molar-refractivity contribution >= 4 is 30.9 Å². The minimum atomic E-state index is -1.19. The van der Waals surface area contributed by atoms with Crippen LogP contribution in [0.5, 0.6) is 0 Å². The zero-order valence-electron chi connectivity index (χ0n) is 26.7. The van der Waals surface area contributed by atoms with Crippen molar-refractivity contribution in [3.63, 3.8) is 0 Å². The molecule has 6 rings (SSSR count). The third-order valence-corrected chi connectivity index (χ3v) is 10.1. The number of fused-ring (bicyclic) bond motifs is 3. The van der Waals surface area contributed by atoms with E-state index in [9.17, 15) is 4.79 Å². The van der Waals surface area contributed by atoms with Gasteiger partial charge in [0, 0.05) is 56.1 Å². The molecule has 0 aliphatic carbocycles. The van der Waals surface area contributed by atoms with Gasteiger partial charge in [0.25, 0.3) is 0 Å². The number of nitrogens with one attached hydrogen (secondary N) is 1. The molecule has 2 bridgehead atoms. The Labute approximate surface area is 259 Å². The van der Waals surface area contributed by atoms with Crippen LogP contribution in [0.4, 0.5) is 10.6 Å². The van der Waals surface area contributed by atoms with Crippen LogP contribution >= 0.6 is 0 Å². The van der Waals surface area contributed by atoms with Crippen LogP contribution in [-0.2, 0) is 16.2 Å². The summed E-state index contributed by atoms with van der Waals surface area (Å²) in [5, 5.41) is 22.9. The molecule has 0 radical (unpaired) electrons. The summed E-state index contributed by atoms with van der Waals surface area (Å²) in [7, 11) is -1.19. The number of hydrogen-bond acceptors (Lipinski definition) is 8. The Morgan fingerprint density at radius 1 is 1.05 bits per heavy atom. The van der Waals surface area contributed by atoms with Gasteiger partial charge >= 0.3 is 6.09 Å². The summed E-state index contributed by atoms with van der Waals surface area (Å²) in [6.45, 7) is 13.9. The monoisotopic (exact) mass is 616 g/mol. The summed E-state index contributed by atoms with van der Waals surface area (Å²) >= 11 is 0. The van der Waals surface area contributed by atoms with Gasteiger partial charge in [-0.2, -0.15) is 10.2 Å². The predicted molar refractivity (Wildman–Crippen MR) is 174 cm³/mol. The molecular weight excluding hydrogens is 572 g/mol.